The number of alkyl halides is 2. The minimum Gasteiger partial charge on any atom is -0.471 e. The minimum absolute atomic E-state index is 0.0169. The van der Waals surface area contributed by atoms with Crippen LogP contribution in [0.1, 0.15) is 43.0 Å². The van der Waals surface area contributed by atoms with Crippen molar-refractivity contribution in [3.63, 3.8) is 0 Å². The highest BCUT2D eigenvalue weighted by atomic mass is 35.5. The Kier molecular flexibility index (Phi) is 7.37. The van der Waals surface area contributed by atoms with Gasteiger partial charge in [0.2, 0.25) is 11.8 Å². The molecule has 0 radical (unpaired) electrons. The highest BCUT2D eigenvalue weighted by Gasteiger charge is 2.24. The summed E-state index contributed by atoms with van der Waals surface area (Å²) in [6.07, 6.45) is 0.901. The molecule has 4 rings (SSSR count). The van der Waals surface area contributed by atoms with Gasteiger partial charge in [0.15, 0.2) is 18.1 Å². The number of anilines is 2. The van der Waals surface area contributed by atoms with Gasteiger partial charge >= 0.3 is 0 Å². The highest BCUT2D eigenvalue weighted by Crippen LogP contribution is 2.33. The van der Waals surface area contributed by atoms with Gasteiger partial charge in [-0.1, -0.05) is 30.1 Å². The number of ether oxygens (including phenoxy) is 1. The van der Waals surface area contributed by atoms with E-state index < -0.39 is 24.8 Å². The van der Waals surface area contributed by atoms with Gasteiger partial charge in [0.25, 0.3) is 12.3 Å². The highest BCUT2D eigenvalue weighted by molar-refractivity contribution is 6.35. The number of nitrogens with one attached hydrogen (secondary N) is 3. The fourth-order valence-electron chi connectivity index (χ4n) is 3.83. The second-order valence-electron chi connectivity index (χ2n) is 8.27. The standard InChI is InChI=1S/C22H22Cl2F3N5O2/c1-10-2-4-11(5-3-10)28-20(33)12-8-15-19(31-21(12)34-9-16(25)26)32-22(29-15)30-18-14(24)7-6-13(23)17(18)27/h6-8,10-11,16H,2-5,9H2,1H3,(H,28,33)(H2,29,30,31,32)/t10-,11-. The summed E-state index contributed by atoms with van der Waals surface area (Å²) < 4.78 is 45.1. The summed E-state index contributed by atoms with van der Waals surface area (Å²) in [6.45, 7) is 1.24. The average molecular weight is 516 g/mol. The van der Waals surface area contributed by atoms with Gasteiger partial charge in [-0.25, -0.2) is 18.2 Å². The van der Waals surface area contributed by atoms with E-state index >= 15 is 0 Å². The zero-order valence-corrected chi connectivity index (χ0v) is 19.6. The van der Waals surface area contributed by atoms with E-state index in [4.69, 9.17) is 27.9 Å². The molecule has 1 aromatic carbocycles. The van der Waals surface area contributed by atoms with Gasteiger partial charge in [-0.05, 0) is 49.8 Å². The zero-order chi connectivity index (χ0) is 24.4. The van der Waals surface area contributed by atoms with Crippen LogP contribution in [-0.2, 0) is 0 Å². The molecule has 0 saturated heterocycles. The third-order valence-corrected chi connectivity index (χ3v) is 6.27. The summed E-state index contributed by atoms with van der Waals surface area (Å²) in [5, 5.41) is 5.56. The molecule has 2 aromatic heterocycles. The van der Waals surface area contributed by atoms with Gasteiger partial charge in [-0.3, -0.25) is 4.79 Å². The van der Waals surface area contributed by atoms with Gasteiger partial charge in [0.1, 0.15) is 11.1 Å². The first kappa shape index (κ1) is 24.4. The van der Waals surface area contributed by atoms with Crippen molar-refractivity contribution in [3.05, 3.63) is 39.6 Å². The van der Waals surface area contributed by atoms with E-state index in [2.05, 4.69) is 32.5 Å². The van der Waals surface area contributed by atoms with E-state index in [0.717, 1.165) is 25.7 Å². The van der Waals surface area contributed by atoms with Crippen LogP contribution in [0, 0.1) is 11.7 Å². The van der Waals surface area contributed by atoms with Crippen LogP contribution in [-0.4, -0.2) is 39.9 Å². The second kappa shape index (κ2) is 10.3. The third kappa shape index (κ3) is 5.50. The van der Waals surface area contributed by atoms with Crippen molar-refractivity contribution < 1.29 is 22.7 Å². The number of hydrogen-bond acceptors (Lipinski definition) is 5. The summed E-state index contributed by atoms with van der Waals surface area (Å²) >= 11 is 11.9. The molecule has 34 heavy (non-hydrogen) atoms. The summed E-state index contributed by atoms with van der Waals surface area (Å²) in [7, 11) is 0. The predicted molar refractivity (Wildman–Crippen MR) is 124 cm³/mol. The molecule has 0 aliphatic heterocycles. The number of amides is 1. The van der Waals surface area contributed by atoms with E-state index in [0.29, 0.717) is 5.92 Å². The lowest BCUT2D eigenvalue weighted by Crippen LogP contribution is -2.37. The SMILES string of the molecule is C[C@H]1CC[C@H](NC(=O)c2cc3nc(Nc4c(Cl)ccc(Cl)c4F)[nH]c3nc2OCC(F)F)CC1. The molecule has 1 fully saturated rings. The van der Waals surface area contributed by atoms with E-state index in [1.807, 2.05) is 0 Å². The zero-order valence-electron chi connectivity index (χ0n) is 18.1. The van der Waals surface area contributed by atoms with E-state index in [1.165, 1.54) is 18.2 Å². The lowest BCUT2D eigenvalue weighted by atomic mass is 9.87. The van der Waals surface area contributed by atoms with Crippen LogP contribution in [0.5, 0.6) is 5.88 Å². The van der Waals surface area contributed by atoms with Gasteiger partial charge < -0.3 is 20.4 Å². The monoisotopic (exact) mass is 515 g/mol. The average Bonchev–Trinajstić information content (AvgIpc) is 3.20. The number of aromatic amines is 1. The number of fused-ring (bicyclic) bond motifs is 1. The molecule has 0 unspecified atom stereocenters. The van der Waals surface area contributed by atoms with Crippen LogP contribution in [0.15, 0.2) is 18.2 Å². The molecule has 0 bridgehead atoms. The first-order valence-corrected chi connectivity index (χ1v) is 11.5. The van der Waals surface area contributed by atoms with Crippen LogP contribution in [0.25, 0.3) is 11.2 Å². The first-order valence-electron chi connectivity index (χ1n) is 10.7. The number of halogens is 5. The maximum absolute atomic E-state index is 14.4. The van der Waals surface area contributed by atoms with Crippen molar-refractivity contribution >= 4 is 51.9 Å². The third-order valence-electron chi connectivity index (χ3n) is 5.67. The number of H-pyrrole nitrogens is 1. The number of rotatable bonds is 7. The molecule has 1 saturated carbocycles. The molecule has 1 aliphatic rings. The van der Waals surface area contributed by atoms with Gasteiger partial charge in [0, 0.05) is 6.04 Å². The normalized spacial score (nSPS) is 18.3. The first-order chi connectivity index (χ1) is 16.2. The van der Waals surface area contributed by atoms with Crippen molar-refractivity contribution in [2.75, 3.05) is 11.9 Å². The molecule has 7 nitrogen and oxygen atoms in total. The van der Waals surface area contributed by atoms with Crippen LogP contribution >= 0.6 is 23.2 Å². The Balaban J connectivity index is 1.64. The van der Waals surface area contributed by atoms with Gasteiger partial charge in [-0.2, -0.15) is 4.98 Å². The second-order valence-corrected chi connectivity index (χ2v) is 9.08. The number of hydrogen-bond donors (Lipinski definition) is 3. The Bertz CT molecular complexity index is 1200. The van der Waals surface area contributed by atoms with Crippen molar-refractivity contribution in [1.29, 1.82) is 0 Å². The Hall–Kier alpha value is -2.72. The van der Waals surface area contributed by atoms with E-state index in [-0.39, 0.29) is 50.3 Å². The molecule has 12 heteroatoms. The number of carbonyl (C=O) groups is 1. The largest absolute Gasteiger partial charge is 0.471 e. The molecule has 0 spiro atoms. The lowest BCUT2D eigenvalue weighted by Gasteiger charge is -2.27. The van der Waals surface area contributed by atoms with Crippen molar-refractivity contribution in [1.82, 2.24) is 20.3 Å². The topological polar surface area (TPSA) is 91.9 Å². The molecule has 3 N–H and O–H groups in total. The number of benzene rings is 1. The molecule has 1 amide bonds. The summed E-state index contributed by atoms with van der Waals surface area (Å²) in [5.41, 5.74) is 0.268. The predicted octanol–water partition coefficient (Wildman–Crippen LogP) is 6.10. The van der Waals surface area contributed by atoms with Crippen molar-refractivity contribution in [2.45, 2.75) is 45.1 Å². The summed E-state index contributed by atoms with van der Waals surface area (Å²) in [6, 6.07) is 4.10. The van der Waals surface area contributed by atoms with E-state index in [1.54, 1.807) is 0 Å². The van der Waals surface area contributed by atoms with Crippen LogP contribution in [0.4, 0.5) is 24.8 Å². The summed E-state index contributed by atoms with van der Waals surface area (Å²) in [5.74, 6) is -0.852. The quantitative estimate of drug-likeness (QED) is 0.330. The number of imidazole rings is 1. The maximum atomic E-state index is 14.4. The fraction of sp³-hybridized carbons (Fsp3) is 0.409. The Labute approximate surface area is 203 Å². The molecule has 0 atom stereocenters. The van der Waals surface area contributed by atoms with Crippen molar-refractivity contribution in [3.8, 4) is 5.88 Å². The van der Waals surface area contributed by atoms with Crippen LogP contribution < -0.4 is 15.4 Å². The van der Waals surface area contributed by atoms with Crippen LogP contribution in [0.3, 0.4) is 0 Å². The maximum Gasteiger partial charge on any atom is 0.272 e. The number of aromatic nitrogens is 3. The smallest absolute Gasteiger partial charge is 0.272 e. The van der Waals surface area contributed by atoms with Crippen molar-refractivity contribution in [2.24, 2.45) is 5.92 Å². The molecular weight excluding hydrogens is 494 g/mol. The molecule has 3 aromatic rings. The number of nitrogens with zero attached hydrogens (tertiary/aromatic N) is 2. The Morgan fingerprint density at radius 3 is 2.62 bits per heavy atom. The molecular formula is C22H22Cl2F3N5O2. The minimum atomic E-state index is -2.75. The Morgan fingerprint density at radius 1 is 1.21 bits per heavy atom. The van der Waals surface area contributed by atoms with Gasteiger partial charge in [-0.15, -0.1) is 0 Å². The molecule has 2 heterocycles. The lowest BCUT2D eigenvalue weighted by molar-refractivity contribution is 0.0770. The molecule has 1 aliphatic carbocycles. The van der Waals surface area contributed by atoms with Crippen LogP contribution in [0.2, 0.25) is 10.0 Å². The number of pyridine rings is 1. The van der Waals surface area contributed by atoms with Gasteiger partial charge in [0.05, 0.1) is 15.7 Å². The fourth-order valence-corrected chi connectivity index (χ4v) is 4.18. The van der Waals surface area contributed by atoms with E-state index in [9.17, 15) is 18.0 Å². The molecule has 182 valence electrons. The number of carbonyl (C=O) groups excluding carboxylic acids is 1. The Morgan fingerprint density at radius 2 is 1.91 bits per heavy atom. The summed E-state index contributed by atoms with van der Waals surface area (Å²) in [4.78, 5) is 24.2.